The van der Waals surface area contributed by atoms with E-state index in [0.29, 0.717) is 30.5 Å². The van der Waals surface area contributed by atoms with Crippen molar-refractivity contribution < 1.29 is 29.0 Å². The Morgan fingerprint density at radius 3 is 2.06 bits per heavy atom. The van der Waals surface area contributed by atoms with E-state index in [1.54, 1.807) is 81.4 Å². The molecule has 9 nitrogen and oxygen atoms in total. The number of hydrogen-bond donors (Lipinski definition) is 4. The van der Waals surface area contributed by atoms with Crippen molar-refractivity contribution >= 4 is 23.9 Å². The molecule has 9 heteroatoms. The van der Waals surface area contributed by atoms with Gasteiger partial charge in [-0.2, -0.15) is 0 Å². The summed E-state index contributed by atoms with van der Waals surface area (Å²) in [6.07, 6.45) is 0.566. The lowest BCUT2D eigenvalue weighted by molar-refractivity contribution is -0.142. The van der Waals surface area contributed by atoms with Crippen molar-refractivity contribution in [1.82, 2.24) is 16.0 Å². The minimum atomic E-state index is -1.18. The van der Waals surface area contributed by atoms with Crippen LogP contribution < -0.4 is 16.0 Å². The molecule has 0 heterocycles. The van der Waals surface area contributed by atoms with Crippen molar-refractivity contribution in [3.63, 3.8) is 0 Å². The van der Waals surface area contributed by atoms with Crippen molar-refractivity contribution in [2.75, 3.05) is 6.54 Å². The molecule has 0 unspecified atom stereocenters. The monoisotopic (exact) mass is 483 g/mol. The Bertz CT molecular complexity index is 989. The zero-order valence-electron chi connectivity index (χ0n) is 20.2. The van der Waals surface area contributed by atoms with Gasteiger partial charge in [0, 0.05) is 12.1 Å². The Morgan fingerprint density at radius 2 is 1.49 bits per heavy atom. The summed E-state index contributed by atoms with van der Waals surface area (Å²) in [5.41, 5.74) is 0.307. The van der Waals surface area contributed by atoms with Crippen LogP contribution in [0.2, 0.25) is 0 Å². The summed E-state index contributed by atoms with van der Waals surface area (Å²) in [5.74, 6) is -2.26. The van der Waals surface area contributed by atoms with Gasteiger partial charge in [0.05, 0.1) is 0 Å². The van der Waals surface area contributed by atoms with E-state index < -0.39 is 41.6 Å². The molecule has 0 aliphatic rings. The first kappa shape index (κ1) is 27.4. The predicted octanol–water partition coefficient (Wildman–Crippen LogP) is 3.42. The zero-order chi connectivity index (χ0) is 25.8. The second kappa shape index (κ2) is 13.1. The fraction of sp³-hybridized carbons (Fsp3) is 0.385. The van der Waals surface area contributed by atoms with E-state index in [-0.39, 0.29) is 6.42 Å². The maximum Gasteiger partial charge on any atom is 0.407 e. The molecule has 0 saturated heterocycles. The maximum atomic E-state index is 13.1. The molecular formula is C26H33N3O6. The number of amides is 3. The largest absolute Gasteiger partial charge is 0.480 e. The Kier molecular flexibility index (Phi) is 10.3. The molecule has 0 aliphatic carbocycles. The van der Waals surface area contributed by atoms with Crippen LogP contribution in [-0.2, 0) is 14.3 Å². The molecule has 0 aliphatic heterocycles. The highest BCUT2D eigenvalue weighted by Gasteiger charge is 2.28. The first-order valence-electron chi connectivity index (χ1n) is 11.5. The van der Waals surface area contributed by atoms with E-state index >= 15 is 0 Å². The van der Waals surface area contributed by atoms with E-state index in [0.717, 1.165) is 0 Å². The Morgan fingerprint density at radius 1 is 0.886 bits per heavy atom. The molecule has 0 radical (unpaired) electrons. The number of carboxylic acids is 1. The topological polar surface area (TPSA) is 134 Å². The van der Waals surface area contributed by atoms with E-state index in [1.165, 1.54) is 0 Å². The lowest BCUT2D eigenvalue weighted by Crippen LogP contribution is -2.47. The van der Waals surface area contributed by atoms with Crippen LogP contribution in [0.15, 0.2) is 60.7 Å². The lowest BCUT2D eigenvalue weighted by Gasteiger charge is -2.22. The highest BCUT2D eigenvalue weighted by Crippen LogP contribution is 2.15. The Balaban J connectivity index is 1.97. The number of unbranched alkanes of at least 4 members (excludes halogenated alkanes) is 1. The maximum absolute atomic E-state index is 13.1. The molecule has 0 aromatic heterocycles. The van der Waals surface area contributed by atoms with Gasteiger partial charge in [-0.15, -0.1) is 0 Å². The van der Waals surface area contributed by atoms with Crippen molar-refractivity contribution in [2.24, 2.45) is 0 Å². The van der Waals surface area contributed by atoms with Gasteiger partial charge in [0.2, 0.25) is 5.91 Å². The first-order valence-corrected chi connectivity index (χ1v) is 11.5. The van der Waals surface area contributed by atoms with Gasteiger partial charge in [0.1, 0.15) is 17.7 Å². The van der Waals surface area contributed by atoms with Crippen LogP contribution >= 0.6 is 0 Å². The second-order valence-corrected chi connectivity index (χ2v) is 9.01. The molecule has 0 saturated carbocycles. The van der Waals surface area contributed by atoms with Gasteiger partial charge in [-0.3, -0.25) is 9.59 Å². The number of carbonyl (C=O) groups excluding carboxylic acids is 3. The third-order valence-electron chi connectivity index (χ3n) is 4.91. The normalized spacial score (nSPS) is 12.7. The van der Waals surface area contributed by atoms with Crippen LogP contribution in [0.5, 0.6) is 0 Å². The summed E-state index contributed by atoms with van der Waals surface area (Å²) in [7, 11) is 0. The summed E-state index contributed by atoms with van der Waals surface area (Å²) in [4.78, 5) is 49.2. The number of rotatable bonds is 11. The first-order chi connectivity index (χ1) is 16.6. The smallest absolute Gasteiger partial charge is 0.407 e. The molecule has 4 N–H and O–H groups in total. The predicted molar refractivity (Wildman–Crippen MR) is 131 cm³/mol. The minimum Gasteiger partial charge on any atom is -0.480 e. The van der Waals surface area contributed by atoms with E-state index in [2.05, 4.69) is 16.0 Å². The van der Waals surface area contributed by atoms with Crippen molar-refractivity contribution in [3.8, 4) is 0 Å². The molecule has 188 valence electrons. The third kappa shape index (κ3) is 9.87. The van der Waals surface area contributed by atoms with Gasteiger partial charge in [0.15, 0.2) is 0 Å². The number of nitrogens with one attached hydrogen (secondary N) is 3. The highest BCUT2D eigenvalue weighted by atomic mass is 16.6. The van der Waals surface area contributed by atoms with Gasteiger partial charge in [-0.1, -0.05) is 48.5 Å². The van der Waals surface area contributed by atoms with Gasteiger partial charge in [0.25, 0.3) is 5.91 Å². The van der Waals surface area contributed by atoms with Crippen LogP contribution in [-0.4, -0.2) is 47.2 Å². The summed E-state index contributed by atoms with van der Waals surface area (Å²) >= 11 is 0. The molecule has 2 aromatic rings. The Hall–Kier alpha value is -3.88. The standard InChI is InChI=1S/C26H33N3O6/c1-26(2,3)35-25(34)27-17-11-10-16-20(24(32)33)28-23(31)21(18-12-6-4-7-13-18)29-22(30)19-14-8-5-9-15-19/h4-9,12-15,20-21H,10-11,16-17H2,1-3H3,(H,27,34)(H,28,31)(H,29,30)(H,32,33)/t20-,21-/m1/s1. The lowest BCUT2D eigenvalue weighted by atomic mass is 10.0. The van der Waals surface area contributed by atoms with Crippen LogP contribution in [0, 0.1) is 0 Å². The number of hydrogen-bond acceptors (Lipinski definition) is 5. The molecule has 2 atom stereocenters. The zero-order valence-corrected chi connectivity index (χ0v) is 20.2. The number of carboxylic acid groups (broad SMARTS) is 1. The SMILES string of the molecule is CC(C)(C)OC(=O)NCCCC[C@@H](NC(=O)[C@H](NC(=O)c1ccccc1)c1ccccc1)C(=O)O. The van der Waals surface area contributed by atoms with Gasteiger partial charge >= 0.3 is 12.1 Å². The van der Waals surface area contributed by atoms with Crippen LogP contribution in [0.4, 0.5) is 4.79 Å². The molecule has 2 rings (SSSR count). The van der Waals surface area contributed by atoms with E-state index in [9.17, 15) is 24.3 Å². The van der Waals surface area contributed by atoms with Gasteiger partial charge < -0.3 is 25.8 Å². The summed E-state index contributed by atoms with van der Waals surface area (Å²) in [6.45, 7) is 5.60. The molecule has 3 amide bonds. The molecule has 0 bridgehead atoms. The average molecular weight is 484 g/mol. The van der Waals surface area contributed by atoms with Crippen molar-refractivity contribution in [2.45, 2.75) is 57.7 Å². The molecule has 2 aromatic carbocycles. The minimum absolute atomic E-state index is 0.158. The number of benzene rings is 2. The third-order valence-corrected chi connectivity index (χ3v) is 4.91. The van der Waals surface area contributed by atoms with E-state index in [1.807, 2.05) is 0 Å². The molecule has 0 fully saturated rings. The fourth-order valence-electron chi connectivity index (χ4n) is 3.24. The number of alkyl carbamates (subject to hydrolysis) is 1. The summed E-state index contributed by atoms with van der Waals surface area (Å²) in [6, 6.07) is 14.9. The number of ether oxygens (including phenoxy) is 1. The van der Waals surface area contributed by atoms with Crippen LogP contribution in [0.25, 0.3) is 0 Å². The van der Waals surface area contributed by atoms with Gasteiger partial charge in [-0.05, 0) is 57.7 Å². The van der Waals surface area contributed by atoms with E-state index in [4.69, 9.17) is 4.74 Å². The summed E-state index contributed by atoms with van der Waals surface area (Å²) < 4.78 is 5.15. The van der Waals surface area contributed by atoms with Crippen LogP contribution in [0.3, 0.4) is 0 Å². The summed E-state index contributed by atoms with van der Waals surface area (Å²) in [5, 5.41) is 17.5. The fourth-order valence-corrected chi connectivity index (χ4v) is 3.24. The molecule has 35 heavy (non-hydrogen) atoms. The average Bonchev–Trinajstić information content (AvgIpc) is 2.81. The Labute approximate surface area is 205 Å². The quantitative estimate of drug-likeness (QED) is 0.362. The second-order valence-electron chi connectivity index (χ2n) is 9.01. The van der Waals surface area contributed by atoms with Crippen molar-refractivity contribution in [1.29, 1.82) is 0 Å². The van der Waals surface area contributed by atoms with Crippen molar-refractivity contribution in [3.05, 3.63) is 71.8 Å². The molecular weight excluding hydrogens is 450 g/mol. The van der Waals surface area contributed by atoms with Crippen LogP contribution in [0.1, 0.15) is 62.0 Å². The number of aliphatic carboxylic acids is 1. The molecule has 0 spiro atoms. The van der Waals surface area contributed by atoms with Gasteiger partial charge in [-0.25, -0.2) is 9.59 Å². The number of carbonyl (C=O) groups is 4. The highest BCUT2D eigenvalue weighted by molar-refractivity contribution is 5.98.